The highest BCUT2D eigenvalue weighted by atomic mass is 32.1. The van der Waals surface area contributed by atoms with Gasteiger partial charge in [-0.15, -0.1) is 0 Å². The molecule has 0 saturated carbocycles. The van der Waals surface area contributed by atoms with Gasteiger partial charge in [-0.25, -0.2) is 0 Å². The fourth-order valence-electron chi connectivity index (χ4n) is 1.46. The van der Waals surface area contributed by atoms with Crippen LogP contribution >= 0.6 is 11.3 Å². The van der Waals surface area contributed by atoms with Crippen LogP contribution in [0.3, 0.4) is 0 Å². The summed E-state index contributed by atoms with van der Waals surface area (Å²) in [7, 11) is 0. The molecule has 4 nitrogen and oxygen atoms in total. The van der Waals surface area contributed by atoms with Crippen molar-refractivity contribution in [1.29, 1.82) is 0 Å². The predicted molar refractivity (Wildman–Crippen MR) is 62.2 cm³/mol. The zero-order chi connectivity index (χ0) is 11.5. The zero-order valence-electron chi connectivity index (χ0n) is 9.30. The summed E-state index contributed by atoms with van der Waals surface area (Å²) >= 11 is 1.60. The normalized spacial score (nSPS) is 12.9. The molecular formula is C11H14N2O2S. The van der Waals surface area contributed by atoms with Gasteiger partial charge in [-0.3, -0.25) is 0 Å². The van der Waals surface area contributed by atoms with Crippen molar-refractivity contribution in [2.24, 2.45) is 0 Å². The molecule has 0 bridgehead atoms. The van der Waals surface area contributed by atoms with Gasteiger partial charge in [0.05, 0.1) is 5.56 Å². The molecular weight excluding hydrogens is 224 g/mol. The SMILES string of the molecule is CCCC(O)c1noc(-c2cscc2C)n1. The fourth-order valence-corrected chi connectivity index (χ4v) is 2.28. The maximum Gasteiger partial charge on any atom is 0.259 e. The van der Waals surface area contributed by atoms with E-state index in [1.54, 1.807) is 11.3 Å². The summed E-state index contributed by atoms with van der Waals surface area (Å²) in [6.45, 7) is 4.01. The fraction of sp³-hybridized carbons (Fsp3) is 0.455. The van der Waals surface area contributed by atoms with Gasteiger partial charge in [0.15, 0.2) is 0 Å². The molecule has 0 aliphatic carbocycles. The lowest BCUT2D eigenvalue weighted by molar-refractivity contribution is 0.153. The number of nitrogens with zero attached hydrogens (tertiary/aromatic N) is 2. The van der Waals surface area contributed by atoms with Gasteiger partial charge in [0.2, 0.25) is 5.82 Å². The highest BCUT2D eigenvalue weighted by molar-refractivity contribution is 7.08. The first-order chi connectivity index (χ1) is 7.72. The van der Waals surface area contributed by atoms with E-state index in [-0.39, 0.29) is 0 Å². The van der Waals surface area contributed by atoms with Gasteiger partial charge in [0.25, 0.3) is 5.89 Å². The standard InChI is InChI=1S/C11H14N2O2S/c1-3-4-9(14)10-12-11(15-13-10)8-6-16-5-7(8)2/h5-6,9,14H,3-4H2,1-2H3. The zero-order valence-corrected chi connectivity index (χ0v) is 10.1. The van der Waals surface area contributed by atoms with E-state index >= 15 is 0 Å². The summed E-state index contributed by atoms with van der Waals surface area (Å²) in [5, 5.41) is 17.5. The molecule has 16 heavy (non-hydrogen) atoms. The van der Waals surface area contributed by atoms with Crippen molar-refractivity contribution in [2.75, 3.05) is 0 Å². The van der Waals surface area contributed by atoms with Gasteiger partial charge < -0.3 is 9.63 Å². The third-order valence-electron chi connectivity index (χ3n) is 2.39. The van der Waals surface area contributed by atoms with E-state index < -0.39 is 6.10 Å². The summed E-state index contributed by atoms with van der Waals surface area (Å²) < 4.78 is 5.14. The first kappa shape index (κ1) is 11.3. The van der Waals surface area contributed by atoms with Crippen LogP contribution in [0.15, 0.2) is 15.3 Å². The molecule has 0 spiro atoms. The smallest absolute Gasteiger partial charge is 0.259 e. The highest BCUT2D eigenvalue weighted by Crippen LogP contribution is 2.26. The largest absolute Gasteiger partial charge is 0.385 e. The summed E-state index contributed by atoms with van der Waals surface area (Å²) in [5.41, 5.74) is 2.07. The molecule has 0 aliphatic heterocycles. The average Bonchev–Trinajstić information content (AvgIpc) is 2.86. The molecule has 1 atom stereocenters. The van der Waals surface area contributed by atoms with E-state index in [2.05, 4.69) is 10.1 Å². The van der Waals surface area contributed by atoms with Crippen molar-refractivity contribution < 1.29 is 9.63 Å². The van der Waals surface area contributed by atoms with Gasteiger partial charge in [-0.1, -0.05) is 18.5 Å². The Labute approximate surface area is 97.9 Å². The van der Waals surface area contributed by atoms with Gasteiger partial charge in [0, 0.05) is 5.38 Å². The van der Waals surface area contributed by atoms with Crippen LogP contribution in [-0.4, -0.2) is 15.2 Å². The molecule has 0 radical (unpaired) electrons. The van der Waals surface area contributed by atoms with Crippen LogP contribution in [0.25, 0.3) is 11.5 Å². The number of aliphatic hydroxyl groups excluding tert-OH is 1. The number of aryl methyl sites for hydroxylation is 1. The lowest BCUT2D eigenvalue weighted by atomic mass is 10.2. The third-order valence-corrected chi connectivity index (χ3v) is 3.25. The Morgan fingerprint density at radius 3 is 2.94 bits per heavy atom. The minimum absolute atomic E-state index is 0.377. The molecule has 0 saturated heterocycles. The number of aromatic nitrogens is 2. The molecule has 5 heteroatoms. The van der Waals surface area contributed by atoms with Crippen molar-refractivity contribution in [3.05, 3.63) is 22.1 Å². The highest BCUT2D eigenvalue weighted by Gasteiger charge is 2.16. The van der Waals surface area contributed by atoms with E-state index in [0.717, 1.165) is 17.5 Å². The first-order valence-corrected chi connectivity index (χ1v) is 6.21. The maximum absolute atomic E-state index is 9.72. The van der Waals surface area contributed by atoms with Crippen LogP contribution in [-0.2, 0) is 0 Å². The molecule has 1 unspecified atom stereocenters. The van der Waals surface area contributed by atoms with Crippen LogP contribution < -0.4 is 0 Å². The molecule has 2 aromatic rings. The molecule has 86 valence electrons. The summed E-state index contributed by atoms with van der Waals surface area (Å²) in [5.74, 6) is 0.867. The minimum atomic E-state index is -0.624. The van der Waals surface area contributed by atoms with Crippen molar-refractivity contribution in [2.45, 2.75) is 32.8 Å². The monoisotopic (exact) mass is 238 g/mol. The van der Waals surface area contributed by atoms with Crippen molar-refractivity contribution >= 4 is 11.3 Å². The van der Waals surface area contributed by atoms with Crippen LogP contribution in [0.2, 0.25) is 0 Å². The molecule has 0 amide bonds. The maximum atomic E-state index is 9.72. The number of hydrogen-bond donors (Lipinski definition) is 1. The molecule has 1 N–H and O–H groups in total. The van der Waals surface area contributed by atoms with Crippen molar-refractivity contribution in [3.63, 3.8) is 0 Å². The van der Waals surface area contributed by atoms with Gasteiger partial charge in [0.1, 0.15) is 6.10 Å². The summed E-state index contributed by atoms with van der Waals surface area (Å²) in [4.78, 5) is 4.21. The molecule has 2 rings (SSSR count). The van der Waals surface area contributed by atoms with E-state index in [0.29, 0.717) is 18.1 Å². The molecule has 0 fully saturated rings. The van der Waals surface area contributed by atoms with Gasteiger partial charge >= 0.3 is 0 Å². The molecule has 0 aliphatic rings. The van der Waals surface area contributed by atoms with E-state index in [1.807, 2.05) is 24.6 Å². The van der Waals surface area contributed by atoms with E-state index in [4.69, 9.17) is 4.52 Å². The Hall–Kier alpha value is -1.20. The Kier molecular flexibility index (Phi) is 3.36. The van der Waals surface area contributed by atoms with Gasteiger partial charge in [-0.2, -0.15) is 16.3 Å². The minimum Gasteiger partial charge on any atom is -0.385 e. The Morgan fingerprint density at radius 1 is 1.50 bits per heavy atom. The van der Waals surface area contributed by atoms with Crippen LogP contribution in [0.4, 0.5) is 0 Å². The van der Waals surface area contributed by atoms with E-state index in [1.165, 1.54) is 0 Å². The second-order valence-corrected chi connectivity index (χ2v) is 4.47. The number of rotatable bonds is 4. The molecule has 2 aromatic heterocycles. The lowest BCUT2D eigenvalue weighted by Crippen LogP contribution is -1.98. The second kappa shape index (κ2) is 4.76. The quantitative estimate of drug-likeness (QED) is 0.889. The number of aliphatic hydroxyl groups is 1. The van der Waals surface area contributed by atoms with Crippen LogP contribution in [0, 0.1) is 6.92 Å². The number of hydrogen-bond acceptors (Lipinski definition) is 5. The van der Waals surface area contributed by atoms with Crippen LogP contribution in [0.5, 0.6) is 0 Å². The Balaban J connectivity index is 2.23. The van der Waals surface area contributed by atoms with E-state index in [9.17, 15) is 5.11 Å². The van der Waals surface area contributed by atoms with Crippen LogP contribution in [0.1, 0.15) is 37.3 Å². The predicted octanol–water partition coefficient (Wildman–Crippen LogP) is 2.94. The summed E-state index contributed by atoms with van der Waals surface area (Å²) in [6.07, 6.45) is 0.922. The lowest BCUT2D eigenvalue weighted by Gasteiger charge is -2.01. The Morgan fingerprint density at radius 2 is 2.31 bits per heavy atom. The number of thiophene rings is 1. The second-order valence-electron chi connectivity index (χ2n) is 3.73. The third kappa shape index (κ3) is 2.15. The molecule has 2 heterocycles. The van der Waals surface area contributed by atoms with Crippen molar-refractivity contribution in [3.8, 4) is 11.5 Å². The molecule has 0 aromatic carbocycles. The van der Waals surface area contributed by atoms with Gasteiger partial charge in [-0.05, 0) is 24.3 Å². The summed E-state index contributed by atoms with van der Waals surface area (Å²) in [6, 6.07) is 0. The first-order valence-electron chi connectivity index (χ1n) is 5.27. The average molecular weight is 238 g/mol. The van der Waals surface area contributed by atoms with Crippen molar-refractivity contribution in [1.82, 2.24) is 10.1 Å². The topological polar surface area (TPSA) is 59.2 Å². The Bertz CT molecular complexity index is 464.